The van der Waals surface area contributed by atoms with Gasteiger partial charge in [0.25, 0.3) is 5.91 Å². The number of hydrogen-bond donors (Lipinski definition) is 1. The van der Waals surface area contributed by atoms with E-state index in [2.05, 4.69) is 0 Å². The van der Waals surface area contributed by atoms with Gasteiger partial charge in [-0.2, -0.15) is 0 Å². The fourth-order valence-corrected chi connectivity index (χ4v) is 4.97. The van der Waals surface area contributed by atoms with Crippen LogP contribution in [0.1, 0.15) is 60.3 Å². The maximum absolute atomic E-state index is 13.2. The van der Waals surface area contributed by atoms with E-state index in [9.17, 15) is 14.4 Å². The van der Waals surface area contributed by atoms with Crippen LogP contribution >= 0.6 is 0 Å². The van der Waals surface area contributed by atoms with E-state index in [1.807, 2.05) is 27.5 Å². The Hall–Kier alpha value is -2.31. The number of likely N-dealkylation sites (tertiary alicyclic amines) is 1. The number of fused-ring (bicyclic) bond motifs is 1. The van der Waals surface area contributed by atoms with E-state index in [0.717, 1.165) is 30.5 Å². The van der Waals surface area contributed by atoms with Gasteiger partial charge >= 0.3 is 0 Å². The smallest absolute Gasteiger partial charge is 0.265 e. The fourth-order valence-electron chi connectivity index (χ4n) is 4.97. The zero-order valence-corrected chi connectivity index (χ0v) is 15.9. The Morgan fingerprint density at radius 1 is 1.15 bits per heavy atom. The Balaban J connectivity index is 1.47. The van der Waals surface area contributed by atoms with Crippen molar-refractivity contribution in [1.29, 1.82) is 0 Å². The summed E-state index contributed by atoms with van der Waals surface area (Å²) in [5.41, 5.74) is 8.03. The molecule has 4 rings (SSSR count). The number of rotatable bonds is 3. The number of carbonyl (C=O) groups excluding carboxylic acids is 3. The first-order chi connectivity index (χ1) is 13.0. The highest BCUT2D eigenvalue weighted by Gasteiger charge is 2.37. The topological polar surface area (TPSA) is 88.6 Å². The molecule has 0 spiro atoms. The minimum Gasteiger partial charge on any atom is -0.364 e. The molecular weight excluding hydrogens is 344 g/mol. The summed E-state index contributed by atoms with van der Waals surface area (Å²) in [6.45, 7) is 1.72. The number of primary amides is 1. The molecule has 0 bridgehead atoms. The SMILES string of the molecule is Cn1c(C(N)=O)cc2c1CN(C(=O)[C@@H]1CCC(=O)N(C3CCCC3)C1)CC2. The predicted molar refractivity (Wildman–Crippen MR) is 99.7 cm³/mol. The summed E-state index contributed by atoms with van der Waals surface area (Å²) in [4.78, 5) is 41.0. The Labute approximate surface area is 159 Å². The average molecular weight is 372 g/mol. The van der Waals surface area contributed by atoms with Crippen LogP contribution in [0.25, 0.3) is 0 Å². The zero-order chi connectivity index (χ0) is 19.1. The summed E-state index contributed by atoms with van der Waals surface area (Å²) in [5, 5.41) is 0. The Morgan fingerprint density at radius 2 is 1.89 bits per heavy atom. The summed E-state index contributed by atoms with van der Waals surface area (Å²) in [6.07, 6.45) is 6.35. The van der Waals surface area contributed by atoms with E-state index in [1.54, 1.807) is 0 Å². The fraction of sp³-hybridized carbons (Fsp3) is 0.650. The van der Waals surface area contributed by atoms with Crippen LogP contribution in [-0.4, -0.2) is 51.2 Å². The highest BCUT2D eigenvalue weighted by molar-refractivity contribution is 5.92. The van der Waals surface area contributed by atoms with Gasteiger partial charge in [0.2, 0.25) is 11.8 Å². The maximum Gasteiger partial charge on any atom is 0.265 e. The molecule has 0 aromatic carbocycles. The lowest BCUT2D eigenvalue weighted by Gasteiger charge is -2.39. The highest BCUT2D eigenvalue weighted by Crippen LogP contribution is 2.30. The molecule has 3 aliphatic rings. The van der Waals surface area contributed by atoms with Crippen molar-refractivity contribution in [2.75, 3.05) is 13.1 Å². The maximum atomic E-state index is 13.2. The summed E-state index contributed by atoms with van der Waals surface area (Å²) in [7, 11) is 1.83. The van der Waals surface area contributed by atoms with Gasteiger partial charge in [-0.1, -0.05) is 12.8 Å². The number of aromatic nitrogens is 1. The lowest BCUT2D eigenvalue weighted by molar-refractivity contribution is -0.145. The molecule has 7 nitrogen and oxygen atoms in total. The van der Waals surface area contributed by atoms with Crippen molar-refractivity contribution in [2.24, 2.45) is 18.7 Å². The van der Waals surface area contributed by atoms with Gasteiger partial charge in [0.15, 0.2) is 0 Å². The molecule has 1 saturated heterocycles. The average Bonchev–Trinajstić information content (AvgIpc) is 3.30. The summed E-state index contributed by atoms with van der Waals surface area (Å²) in [6, 6.07) is 2.17. The van der Waals surface area contributed by atoms with E-state index < -0.39 is 5.91 Å². The summed E-state index contributed by atoms with van der Waals surface area (Å²) >= 11 is 0. The van der Waals surface area contributed by atoms with Crippen LogP contribution in [0.3, 0.4) is 0 Å². The van der Waals surface area contributed by atoms with Crippen molar-refractivity contribution in [1.82, 2.24) is 14.4 Å². The third kappa shape index (κ3) is 3.24. The van der Waals surface area contributed by atoms with E-state index in [1.165, 1.54) is 12.8 Å². The second-order valence-electron chi connectivity index (χ2n) is 8.15. The molecule has 1 aliphatic carbocycles. The Bertz CT molecular complexity index is 778. The van der Waals surface area contributed by atoms with Crippen molar-refractivity contribution in [3.05, 3.63) is 23.0 Å². The second kappa shape index (κ2) is 7.02. The molecule has 2 fully saturated rings. The quantitative estimate of drug-likeness (QED) is 0.864. The zero-order valence-electron chi connectivity index (χ0n) is 15.9. The molecule has 2 N–H and O–H groups in total. The number of nitrogens with zero attached hydrogens (tertiary/aromatic N) is 3. The van der Waals surface area contributed by atoms with Crippen LogP contribution in [0.2, 0.25) is 0 Å². The number of piperidine rings is 1. The van der Waals surface area contributed by atoms with Crippen molar-refractivity contribution in [2.45, 2.75) is 57.5 Å². The number of carbonyl (C=O) groups is 3. The lowest BCUT2D eigenvalue weighted by Crippen LogP contribution is -2.50. The van der Waals surface area contributed by atoms with Crippen LogP contribution in [0.5, 0.6) is 0 Å². The standard InChI is InChI=1S/C20H28N4O3/c1-22-16(19(21)26)10-13-8-9-23(12-17(13)22)20(27)14-6-7-18(25)24(11-14)15-4-2-3-5-15/h10,14-15H,2-9,11-12H2,1H3,(H2,21,26)/t14-/m1/s1. The molecular formula is C20H28N4O3. The van der Waals surface area contributed by atoms with Crippen molar-refractivity contribution < 1.29 is 14.4 Å². The Morgan fingerprint density at radius 3 is 2.59 bits per heavy atom. The van der Waals surface area contributed by atoms with E-state index in [-0.39, 0.29) is 17.7 Å². The summed E-state index contributed by atoms with van der Waals surface area (Å²) < 4.78 is 1.81. The Kier molecular flexibility index (Phi) is 4.70. The van der Waals surface area contributed by atoms with Crippen LogP contribution in [0.15, 0.2) is 6.07 Å². The monoisotopic (exact) mass is 372 g/mol. The molecule has 27 heavy (non-hydrogen) atoms. The molecule has 0 radical (unpaired) electrons. The lowest BCUT2D eigenvalue weighted by atomic mass is 9.93. The van der Waals surface area contributed by atoms with Gasteiger partial charge in [-0.3, -0.25) is 14.4 Å². The third-order valence-electron chi connectivity index (χ3n) is 6.56. The van der Waals surface area contributed by atoms with E-state index >= 15 is 0 Å². The molecule has 0 unspecified atom stereocenters. The van der Waals surface area contributed by atoms with Crippen molar-refractivity contribution in [3.63, 3.8) is 0 Å². The minimum atomic E-state index is -0.442. The van der Waals surface area contributed by atoms with Crippen LogP contribution < -0.4 is 5.73 Å². The first-order valence-electron chi connectivity index (χ1n) is 10.0. The normalized spacial score (nSPS) is 23.6. The molecule has 1 saturated carbocycles. The first-order valence-corrected chi connectivity index (χ1v) is 10.0. The number of hydrogen-bond acceptors (Lipinski definition) is 3. The number of amides is 3. The molecule has 7 heteroatoms. The predicted octanol–water partition coefficient (Wildman–Crippen LogP) is 1.19. The molecule has 1 aromatic rings. The first kappa shape index (κ1) is 18.1. The minimum absolute atomic E-state index is 0.110. The van der Waals surface area contributed by atoms with Gasteiger partial charge in [-0.25, -0.2) is 0 Å². The van der Waals surface area contributed by atoms with E-state index in [0.29, 0.717) is 44.2 Å². The van der Waals surface area contributed by atoms with Crippen LogP contribution in [0.4, 0.5) is 0 Å². The summed E-state index contributed by atoms with van der Waals surface area (Å²) in [5.74, 6) is -0.207. The van der Waals surface area contributed by atoms with Gasteiger partial charge in [-0.05, 0) is 37.3 Å². The molecule has 1 atom stereocenters. The second-order valence-corrected chi connectivity index (χ2v) is 8.15. The van der Waals surface area contributed by atoms with Gasteiger partial charge in [0.05, 0.1) is 12.5 Å². The molecule has 146 valence electrons. The van der Waals surface area contributed by atoms with Gasteiger partial charge in [0.1, 0.15) is 5.69 Å². The van der Waals surface area contributed by atoms with Crippen LogP contribution in [-0.2, 0) is 29.6 Å². The molecule has 3 heterocycles. The third-order valence-corrected chi connectivity index (χ3v) is 6.56. The van der Waals surface area contributed by atoms with Crippen molar-refractivity contribution in [3.8, 4) is 0 Å². The largest absolute Gasteiger partial charge is 0.364 e. The van der Waals surface area contributed by atoms with Gasteiger partial charge < -0.3 is 20.1 Å². The van der Waals surface area contributed by atoms with Gasteiger partial charge in [0, 0.05) is 38.3 Å². The van der Waals surface area contributed by atoms with Crippen molar-refractivity contribution >= 4 is 17.7 Å². The van der Waals surface area contributed by atoms with E-state index in [4.69, 9.17) is 5.73 Å². The number of nitrogens with two attached hydrogens (primary N) is 1. The van der Waals surface area contributed by atoms with Crippen LogP contribution in [0, 0.1) is 5.92 Å². The van der Waals surface area contributed by atoms with Gasteiger partial charge in [-0.15, -0.1) is 0 Å². The molecule has 3 amide bonds. The molecule has 1 aromatic heterocycles. The molecule has 2 aliphatic heterocycles. The highest BCUT2D eigenvalue weighted by atomic mass is 16.2.